The fraction of sp³-hybridized carbons (Fsp3) is 0.500. The van der Waals surface area contributed by atoms with Crippen molar-refractivity contribution in [3.63, 3.8) is 0 Å². The van der Waals surface area contributed by atoms with Crippen molar-refractivity contribution in [2.45, 2.75) is 31.9 Å². The van der Waals surface area contributed by atoms with Gasteiger partial charge in [0.05, 0.1) is 0 Å². The number of carboxylic acid groups (broad SMARTS) is 1. The summed E-state index contributed by atoms with van der Waals surface area (Å²) >= 11 is 0. The molecule has 2 rings (SSSR count). The molecule has 22 heavy (non-hydrogen) atoms. The molecule has 1 aliphatic rings. The van der Waals surface area contributed by atoms with E-state index in [9.17, 15) is 14.7 Å². The molecule has 2 atom stereocenters. The van der Waals surface area contributed by atoms with Gasteiger partial charge in [-0.3, -0.25) is 0 Å². The molecule has 0 bridgehead atoms. The van der Waals surface area contributed by atoms with Gasteiger partial charge in [0.1, 0.15) is 12.6 Å². The molecular formula is C16H21NO5. The quantitative estimate of drug-likeness (QED) is 0.841. The van der Waals surface area contributed by atoms with E-state index >= 15 is 0 Å². The van der Waals surface area contributed by atoms with Crippen molar-refractivity contribution >= 4 is 12.1 Å². The van der Waals surface area contributed by atoms with E-state index in [1.165, 1.54) is 0 Å². The summed E-state index contributed by atoms with van der Waals surface area (Å²) in [6, 6.07) is 8.29. The van der Waals surface area contributed by atoms with Crippen LogP contribution in [0.15, 0.2) is 30.3 Å². The number of nitrogens with one attached hydrogen (secondary N) is 1. The fourth-order valence-corrected chi connectivity index (χ4v) is 2.46. The predicted molar refractivity (Wildman–Crippen MR) is 79.3 cm³/mol. The number of carboxylic acids is 1. The number of rotatable bonds is 6. The number of amides is 1. The standard InChI is InChI=1S/C16H21NO5/c18-15(19)14(9-13-7-4-8-21-10-13)17-16(20)22-11-12-5-2-1-3-6-12/h1-3,5-6,13-14H,4,7-11H2,(H,17,20)(H,18,19)/t13?,14-/m0/s1. The van der Waals surface area contributed by atoms with Crippen LogP contribution in [-0.2, 0) is 20.9 Å². The van der Waals surface area contributed by atoms with Crippen molar-refractivity contribution in [2.24, 2.45) is 5.92 Å². The highest BCUT2D eigenvalue weighted by atomic mass is 16.5. The third-order valence-electron chi connectivity index (χ3n) is 3.63. The molecule has 1 fully saturated rings. The van der Waals surface area contributed by atoms with E-state index < -0.39 is 18.1 Å². The van der Waals surface area contributed by atoms with Crippen LogP contribution in [0.5, 0.6) is 0 Å². The lowest BCUT2D eigenvalue weighted by molar-refractivity contribution is -0.140. The van der Waals surface area contributed by atoms with Gasteiger partial charge in [0.25, 0.3) is 0 Å². The maximum atomic E-state index is 11.7. The first kappa shape index (κ1) is 16.3. The third-order valence-corrected chi connectivity index (χ3v) is 3.63. The number of hydrogen-bond donors (Lipinski definition) is 2. The van der Waals surface area contributed by atoms with Crippen molar-refractivity contribution in [2.75, 3.05) is 13.2 Å². The van der Waals surface area contributed by atoms with Gasteiger partial charge in [-0.2, -0.15) is 0 Å². The number of alkyl carbamates (subject to hydrolysis) is 1. The lowest BCUT2D eigenvalue weighted by atomic mass is 9.94. The Hall–Kier alpha value is -2.08. The molecule has 0 aliphatic carbocycles. The van der Waals surface area contributed by atoms with Crippen molar-refractivity contribution in [1.82, 2.24) is 5.32 Å². The Morgan fingerprint density at radius 3 is 2.77 bits per heavy atom. The summed E-state index contributed by atoms with van der Waals surface area (Å²) in [5, 5.41) is 11.6. The molecular weight excluding hydrogens is 286 g/mol. The van der Waals surface area contributed by atoms with Crippen LogP contribution >= 0.6 is 0 Å². The van der Waals surface area contributed by atoms with Gasteiger partial charge in [0.2, 0.25) is 0 Å². The number of ether oxygens (including phenoxy) is 2. The van der Waals surface area contributed by atoms with E-state index in [1.54, 1.807) is 0 Å². The van der Waals surface area contributed by atoms with Gasteiger partial charge in [0, 0.05) is 13.2 Å². The Morgan fingerprint density at radius 2 is 2.14 bits per heavy atom. The van der Waals surface area contributed by atoms with E-state index in [0.717, 1.165) is 25.0 Å². The lowest BCUT2D eigenvalue weighted by Crippen LogP contribution is -2.43. The molecule has 1 amide bonds. The summed E-state index contributed by atoms with van der Waals surface area (Å²) < 4.78 is 10.4. The average molecular weight is 307 g/mol. The Kier molecular flexibility index (Phi) is 6.21. The molecule has 120 valence electrons. The van der Waals surface area contributed by atoms with Crippen LogP contribution in [0, 0.1) is 5.92 Å². The van der Waals surface area contributed by atoms with E-state index in [0.29, 0.717) is 13.0 Å². The molecule has 1 heterocycles. The Morgan fingerprint density at radius 1 is 1.36 bits per heavy atom. The highest BCUT2D eigenvalue weighted by molar-refractivity contribution is 5.79. The molecule has 0 radical (unpaired) electrons. The number of carbonyl (C=O) groups excluding carboxylic acids is 1. The minimum absolute atomic E-state index is 0.117. The van der Waals surface area contributed by atoms with Gasteiger partial charge in [-0.25, -0.2) is 9.59 Å². The summed E-state index contributed by atoms with van der Waals surface area (Å²) in [6.07, 6.45) is 1.49. The first-order valence-corrected chi connectivity index (χ1v) is 7.43. The van der Waals surface area contributed by atoms with Crippen LogP contribution in [0.2, 0.25) is 0 Å². The smallest absolute Gasteiger partial charge is 0.408 e. The van der Waals surface area contributed by atoms with E-state index in [4.69, 9.17) is 9.47 Å². The Balaban J connectivity index is 1.79. The zero-order chi connectivity index (χ0) is 15.8. The van der Waals surface area contributed by atoms with Crippen LogP contribution in [-0.4, -0.2) is 36.4 Å². The van der Waals surface area contributed by atoms with Gasteiger partial charge in [-0.1, -0.05) is 30.3 Å². The summed E-state index contributed by atoms with van der Waals surface area (Å²) in [4.78, 5) is 23.0. The van der Waals surface area contributed by atoms with Crippen molar-refractivity contribution in [3.8, 4) is 0 Å². The van der Waals surface area contributed by atoms with Gasteiger partial charge < -0.3 is 19.9 Å². The highest BCUT2D eigenvalue weighted by Crippen LogP contribution is 2.19. The Bertz CT molecular complexity index is 485. The molecule has 1 aromatic rings. The molecule has 2 N–H and O–H groups in total. The molecule has 1 aliphatic heterocycles. The molecule has 6 nitrogen and oxygen atoms in total. The molecule has 6 heteroatoms. The number of carbonyl (C=O) groups is 2. The molecule has 0 aromatic heterocycles. The summed E-state index contributed by atoms with van der Waals surface area (Å²) in [5.74, 6) is -0.897. The molecule has 1 saturated heterocycles. The minimum atomic E-state index is -1.05. The first-order valence-electron chi connectivity index (χ1n) is 7.43. The zero-order valence-corrected chi connectivity index (χ0v) is 12.4. The van der Waals surface area contributed by atoms with Crippen molar-refractivity contribution in [1.29, 1.82) is 0 Å². The van der Waals surface area contributed by atoms with Gasteiger partial charge in [-0.15, -0.1) is 0 Å². The van der Waals surface area contributed by atoms with Crippen LogP contribution in [0.25, 0.3) is 0 Å². The average Bonchev–Trinajstić information content (AvgIpc) is 2.54. The largest absolute Gasteiger partial charge is 0.480 e. The fourth-order valence-electron chi connectivity index (χ4n) is 2.46. The van der Waals surface area contributed by atoms with Crippen LogP contribution in [0.1, 0.15) is 24.8 Å². The molecule has 1 unspecified atom stereocenters. The number of hydrogen-bond acceptors (Lipinski definition) is 4. The Labute approximate surface area is 129 Å². The van der Waals surface area contributed by atoms with Gasteiger partial charge in [-0.05, 0) is 30.7 Å². The van der Waals surface area contributed by atoms with E-state index in [1.807, 2.05) is 30.3 Å². The first-order chi connectivity index (χ1) is 10.6. The molecule has 1 aromatic carbocycles. The van der Waals surface area contributed by atoms with E-state index in [-0.39, 0.29) is 12.5 Å². The van der Waals surface area contributed by atoms with E-state index in [2.05, 4.69) is 5.32 Å². The maximum Gasteiger partial charge on any atom is 0.408 e. The second-order valence-electron chi connectivity index (χ2n) is 5.42. The second kappa shape index (κ2) is 8.38. The third kappa shape index (κ3) is 5.37. The zero-order valence-electron chi connectivity index (χ0n) is 12.4. The van der Waals surface area contributed by atoms with Gasteiger partial charge >= 0.3 is 12.1 Å². The maximum absolute atomic E-state index is 11.7. The molecule has 0 saturated carbocycles. The normalized spacial score (nSPS) is 19.2. The minimum Gasteiger partial charge on any atom is -0.480 e. The van der Waals surface area contributed by atoms with Crippen LogP contribution in [0.4, 0.5) is 4.79 Å². The lowest BCUT2D eigenvalue weighted by Gasteiger charge is -2.25. The number of aliphatic carboxylic acids is 1. The summed E-state index contributed by atoms with van der Waals surface area (Å²) in [5.41, 5.74) is 0.852. The topological polar surface area (TPSA) is 84.9 Å². The summed E-state index contributed by atoms with van der Waals surface area (Å²) in [6.45, 7) is 1.39. The van der Waals surface area contributed by atoms with Gasteiger partial charge in [0.15, 0.2) is 0 Å². The second-order valence-corrected chi connectivity index (χ2v) is 5.42. The van der Waals surface area contributed by atoms with Crippen LogP contribution in [0.3, 0.4) is 0 Å². The molecule has 0 spiro atoms. The van der Waals surface area contributed by atoms with Crippen LogP contribution < -0.4 is 5.32 Å². The monoisotopic (exact) mass is 307 g/mol. The number of benzene rings is 1. The van der Waals surface area contributed by atoms with Crippen molar-refractivity contribution < 1.29 is 24.2 Å². The van der Waals surface area contributed by atoms with Crippen molar-refractivity contribution in [3.05, 3.63) is 35.9 Å². The predicted octanol–water partition coefficient (Wildman–Crippen LogP) is 2.18. The highest BCUT2D eigenvalue weighted by Gasteiger charge is 2.26. The SMILES string of the molecule is O=C(N[C@@H](CC1CCCOC1)C(=O)O)OCc1ccccc1. The summed E-state index contributed by atoms with van der Waals surface area (Å²) in [7, 11) is 0.